The molecule has 0 radical (unpaired) electrons. The zero-order valence-corrected chi connectivity index (χ0v) is 17.4. The van der Waals surface area contributed by atoms with Gasteiger partial charge in [0.25, 0.3) is 5.91 Å². The van der Waals surface area contributed by atoms with Gasteiger partial charge in [-0.3, -0.25) is 4.79 Å². The first kappa shape index (κ1) is 20.5. The summed E-state index contributed by atoms with van der Waals surface area (Å²) in [7, 11) is 0. The minimum atomic E-state index is -0.157. The van der Waals surface area contributed by atoms with E-state index < -0.39 is 0 Å². The summed E-state index contributed by atoms with van der Waals surface area (Å²) in [5, 5.41) is 2.97. The number of hydrogen-bond acceptors (Lipinski definition) is 3. The Morgan fingerprint density at radius 3 is 2.31 bits per heavy atom. The van der Waals surface area contributed by atoms with Crippen molar-refractivity contribution in [2.45, 2.75) is 34.3 Å². The van der Waals surface area contributed by atoms with Crippen molar-refractivity contribution >= 4 is 11.6 Å². The molecule has 0 spiro atoms. The highest BCUT2D eigenvalue weighted by molar-refractivity contribution is 6.04. The van der Waals surface area contributed by atoms with Gasteiger partial charge in [0.05, 0.1) is 6.61 Å². The Morgan fingerprint density at radius 2 is 1.62 bits per heavy atom. The Bertz CT molecular complexity index is 990. The third kappa shape index (κ3) is 5.38. The lowest BCUT2D eigenvalue weighted by molar-refractivity contribution is 0.102. The van der Waals surface area contributed by atoms with Crippen LogP contribution in [0.15, 0.2) is 60.7 Å². The fourth-order valence-electron chi connectivity index (χ4n) is 3.21. The topological polar surface area (TPSA) is 47.6 Å². The van der Waals surface area contributed by atoms with Crippen molar-refractivity contribution in [3.63, 3.8) is 0 Å². The van der Waals surface area contributed by atoms with Crippen LogP contribution in [0.2, 0.25) is 0 Å². The molecular formula is C25H27NO3. The van der Waals surface area contributed by atoms with Crippen molar-refractivity contribution in [2.75, 3.05) is 11.9 Å². The van der Waals surface area contributed by atoms with Crippen LogP contribution in [0.1, 0.15) is 39.5 Å². The third-order valence-corrected chi connectivity index (χ3v) is 4.61. The van der Waals surface area contributed by atoms with E-state index in [9.17, 15) is 4.79 Å². The molecule has 4 nitrogen and oxygen atoms in total. The number of benzene rings is 3. The summed E-state index contributed by atoms with van der Waals surface area (Å²) in [6.45, 7) is 8.86. The number of amides is 1. The number of anilines is 1. The average molecular weight is 389 g/mol. The number of aryl methyl sites for hydroxylation is 3. The molecule has 3 aromatic carbocycles. The molecule has 0 aliphatic rings. The van der Waals surface area contributed by atoms with Crippen LogP contribution in [0.3, 0.4) is 0 Å². The van der Waals surface area contributed by atoms with Crippen LogP contribution >= 0.6 is 0 Å². The molecule has 3 rings (SSSR count). The zero-order valence-electron chi connectivity index (χ0n) is 17.4. The largest absolute Gasteiger partial charge is 0.493 e. The van der Waals surface area contributed by atoms with E-state index in [0.717, 1.165) is 39.4 Å². The molecule has 1 amide bonds. The van der Waals surface area contributed by atoms with Gasteiger partial charge in [0.1, 0.15) is 18.1 Å². The maximum absolute atomic E-state index is 12.8. The van der Waals surface area contributed by atoms with Crippen LogP contribution in [-0.4, -0.2) is 12.5 Å². The van der Waals surface area contributed by atoms with Gasteiger partial charge < -0.3 is 14.8 Å². The number of nitrogens with one attached hydrogen (secondary N) is 1. The van der Waals surface area contributed by atoms with E-state index in [4.69, 9.17) is 9.47 Å². The Morgan fingerprint density at radius 1 is 0.897 bits per heavy atom. The molecular weight excluding hydrogens is 362 g/mol. The summed E-state index contributed by atoms with van der Waals surface area (Å²) in [6, 6.07) is 19.3. The molecule has 0 bridgehead atoms. The van der Waals surface area contributed by atoms with Crippen molar-refractivity contribution < 1.29 is 14.3 Å². The maximum atomic E-state index is 12.8. The van der Waals surface area contributed by atoms with Crippen molar-refractivity contribution in [1.29, 1.82) is 0 Å². The van der Waals surface area contributed by atoms with Gasteiger partial charge in [0, 0.05) is 16.8 Å². The van der Waals surface area contributed by atoms with Crippen LogP contribution in [0.5, 0.6) is 11.5 Å². The van der Waals surface area contributed by atoms with Gasteiger partial charge in [-0.05, 0) is 80.8 Å². The summed E-state index contributed by atoms with van der Waals surface area (Å²) < 4.78 is 11.7. The Balaban J connectivity index is 1.81. The first-order valence-corrected chi connectivity index (χ1v) is 9.80. The number of carbonyl (C=O) groups is 1. The lowest BCUT2D eigenvalue weighted by Crippen LogP contribution is -2.13. The summed E-state index contributed by atoms with van der Waals surface area (Å²) in [4.78, 5) is 12.8. The van der Waals surface area contributed by atoms with E-state index in [2.05, 4.69) is 11.4 Å². The first-order chi connectivity index (χ1) is 14.0. The van der Waals surface area contributed by atoms with Gasteiger partial charge >= 0.3 is 0 Å². The van der Waals surface area contributed by atoms with Crippen LogP contribution in [0.25, 0.3) is 0 Å². The molecule has 0 saturated carbocycles. The second kappa shape index (κ2) is 9.28. The van der Waals surface area contributed by atoms with Gasteiger partial charge in [-0.15, -0.1) is 0 Å². The standard InChI is InChI=1S/C25H27NO3/c1-5-28-24-11-10-20(25(27)26-23-9-7-6-8-19(23)4)15-21(24)16-29-22-13-17(2)12-18(3)14-22/h6-15H,5,16H2,1-4H3,(H,26,27). The van der Waals surface area contributed by atoms with Crippen LogP contribution in [-0.2, 0) is 6.61 Å². The lowest BCUT2D eigenvalue weighted by atomic mass is 10.1. The second-order valence-corrected chi connectivity index (χ2v) is 7.14. The molecule has 4 heteroatoms. The Labute approximate surface area is 172 Å². The Kier molecular flexibility index (Phi) is 6.55. The highest BCUT2D eigenvalue weighted by atomic mass is 16.5. The number of para-hydroxylation sites is 1. The smallest absolute Gasteiger partial charge is 0.255 e. The predicted octanol–water partition coefficient (Wildman–Crippen LogP) is 5.84. The molecule has 0 unspecified atom stereocenters. The highest BCUT2D eigenvalue weighted by Gasteiger charge is 2.13. The molecule has 0 atom stereocenters. The number of hydrogen-bond donors (Lipinski definition) is 1. The van der Waals surface area contributed by atoms with Crippen LogP contribution in [0.4, 0.5) is 5.69 Å². The van der Waals surface area contributed by atoms with Gasteiger partial charge in [0.15, 0.2) is 0 Å². The van der Waals surface area contributed by atoms with Crippen molar-refractivity contribution in [3.8, 4) is 11.5 Å². The predicted molar refractivity (Wildman–Crippen MR) is 117 cm³/mol. The molecule has 0 heterocycles. The van der Waals surface area contributed by atoms with Crippen LogP contribution < -0.4 is 14.8 Å². The lowest BCUT2D eigenvalue weighted by Gasteiger charge is -2.14. The molecule has 3 aromatic rings. The Hall–Kier alpha value is -3.27. The number of rotatable bonds is 7. The maximum Gasteiger partial charge on any atom is 0.255 e. The van der Waals surface area contributed by atoms with Gasteiger partial charge in [-0.25, -0.2) is 0 Å². The molecule has 1 N–H and O–H groups in total. The van der Waals surface area contributed by atoms with E-state index >= 15 is 0 Å². The van der Waals surface area contributed by atoms with Gasteiger partial charge in [-0.2, -0.15) is 0 Å². The van der Waals surface area contributed by atoms with E-state index in [1.807, 2.05) is 76.2 Å². The van der Waals surface area contributed by atoms with Crippen LogP contribution in [0, 0.1) is 20.8 Å². The fraction of sp³-hybridized carbons (Fsp3) is 0.240. The van der Waals surface area contributed by atoms with E-state index in [1.165, 1.54) is 0 Å². The normalized spacial score (nSPS) is 10.5. The summed E-state index contributed by atoms with van der Waals surface area (Å²) >= 11 is 0. The first-order valence-electron chi connectivity index (χ1n) is 9.80. The molecule has 29 heavy (non-hydrogen) atoms. The highest BCUT2D eigenvalue weighted by Crippen LogP contribution is 2.25. The van der Waals surface area contributed by atoms with Crippen molar-refractivity contribution in [1.82, 2.24) is 0 Å². The van der Waals surface area contributed by atoms with E-state index in [1.54, 1.807) is 6.07 Å². The van der Waals surface area contributed by atoms with Gasteiger partial charge in [-0.1, -0.05) is 24.3 Å². The fourth-order valence-corrected chi connectivity index (χ4v) is 3.21. The van der Waals surface area contributed by atoms with E-state index in [0.29, 0.717) is 18.8 Å². The van der Waals surface area contributed by atoms with Crippen molar-refractivity contribution in [3.05, 3.63) is 88.5 Å². The average Bonchev–Trinajstić information content (AvgIpc) is 2.68. The minimum absolute atomic E-state index is 0.157. The molecule has 0 saturated heterocycles. The summed E-state index contributed by atoms with van der Waals surface area (Å²) in [5.74, 6) is 1.37. The zero-order chi connectivity index (χ0) is 20.8. The summed E-state index contributed by atoms with van der Waals surface area (Å²) in [5.41, 5.74) is 5.52. The third-order valence-electron chi connectivity index (χ3n) is 4.61. The SMILES string of the molecule is CCOc1ccc(C(=O)Nc2ccccc2C)cc1COc1cc(C)cc(C)c1. The minimum Gasteiger partial charge on any atom is -0.493 e. The molecule has 0 aliphatic carbocycles. The molecule has 0 fully saturated rings. The monoisotopic (exact) mass is 389 g/mol. The molecule has 0 aliphatic heterocycles. The number of carbonyl (C=O) groups excluding carboxylic acids is 1. The molecule has 0 aromatic heterocycles. The quantitative estimate of drug-likeness (QED) is 0.552. The summed E-state index contributed by atoms with van der Waals surface area (Å²) in [6.07, 6.45) is 0. The van der Waals surface area contributed by atoms with E-state index in [-0.39, 0.29) is 5.91 Å². The van der Waals surface area contributed by atoms with Crippen molar-refractivity contribution in [2.24, 2.45) is 0 Å². The molecule has 150 valence electrons. The van der Waals surface area contributed by atoms with Gasteiger partial charge in [0.2, 0.25) is 0 Å². The number of ether oxygens (including phenoxy) is 2. The second-order valence-electron chi connectivity index (χ2n) is 7.14.